The summed E-state index contributed by atoms with van der Waals surface area (Å²) in [5.41, 5.74) is 0.919. The molecule has 0 aromatic heterocycles. The lowest BCUT2D eigenvalue weighted by Gasteiger charge is -2.23. The minimum atomic E-state index is -3.44. The molecule has 164 valence electrons. The van der Waals surface area contributed by atoms with Gasteiger partial charge in [-0.2, -0.15) is 0 Å². The zero-order valence-corrected chi connectivity index (χ0v) is 18.7. The molecule has 29 heavy (non-hydrogen) atoms. The van der Waals surface area contributed by atoms with Crippen molar-refractivity contribution in [1.82, 2.24) is 10.4 Å². The Hall–Kier alpha value is -1.73. The minimum absolute atomic E-state index is 0.151. The van der Waals surface area contributed by atoms with Crippen LogP contribution in [0, 0.1) is 0 Å². The highest BCUT2D eigenvalue weighted by Gasteiger charge is 2.27. The Morgan fingerprint density at radius 2 is 1.62 bits per heavy atom. The summed E-state index contributed by atoms with van der Waals surface area (Å²) in [7, 11) is -2.15. The van der Waals surface area contributed by atoms with Crippen LogP contribution in [-0.2, 0) is 34.4 Å². The van der Waals surface area contributed by atoms with Crippen LogP contribution in [0.15, 0.2) is 30.3 Å². The second-order valence-corrected chi connectivity index (χ2v) is 8.88. The van der Waals surface area contributed by atoms with Crippen molar-refractivity contribution in [2.45, 2.75) is 65.2 Å². The topological polar surface area (TPSA) is 103 Å². The Balaban J connectivity index is 2.52. The first-order chi connectivity index (χ1) is 13.6. The molecule has 1 aromatic rings. The van der Waals surface area contributed by atoms with Gasteiger partial charge in [0.2, 0.25) is 5.91 Å². The van der Waals surface area contributed by atoms with E-state index >= 15 is 0 Å². The molecule has 8 nitrogen and oxygen atoms in total. The van der Waals surface area contributed by atoms with Gasteiger partial charge < -0.3 is 10.1 Å². The normalized spacial score (nSPS) is 12.8. The predicted molar refractivity (Wildman–Crippen MR) is 111 cm³/mol. The largest absolute Gasteiger partial charge is 0.467 e. The fourth-order valence-corrected chi connectivity index (χ4v) is 4.31. The monoisotopic (exact) mass is 428 g/mol. The average molecular weight is 428 g/mol. The number of carbonyl (C=O) groups is 2. The van der Waals surface area contributed by atoms with E-state index in [1.165, 1.54) is 7.11 Å². The molecule has 2 N–H and O–H groups in total. The van der Waals surface area contributed by atoms with Crippen molar-refractivity contribution in [3.8, 4) is 0 Å². The van der Waals surface area contributed by atoms with Crippen molar-refractivity contribution >= 4 is 19.6 Å². The number of esters is 1. The minimum Gasteiger partial charge on any atom is -0.467 e. The zero-order chi connectivity index (χ0) is 21.9. The van der Waals surface area contributed by atoms with Gasteiger partial charge in [-0.25, -0.2) is 14.4 Å². The van der Waals surface area contributed by atoms with Crippen LogP contribution in [0.25, 0.3) is 0 Å². The van der Waals surface area contributed by atoms with Crippen LogP contribution in [0.1, 0.15) is 46.1 Å². The number of hydrogen-bond acceptors (Lipinski definition) is 6. The van der Waals surface area contributed by atoms with Gasteiger partial charge in [-0.05, 0) is 39.7 Å². The Labute approximate surface area is 173 Å². The summed E-state index contributed by atoms with van der Waals surface area (Å²) in [6, 6.07) is 8.62. The number of amides is 1. The first kappa shape index (κ1) is 25.3. The highest BCUT2D eigenvalue weighted by molar-refractivity contribution is 7.51. The molecule has 1 rings (SSSR count). The van der Waals surface area contributed by atoms with Crippen molar-refractivity contribution in [2.75, 3.05) is 13.7 Å². The van der Waals surface area contributed by atoms with Gasteiger partial charge >= 0.3 is 13.7 Å². The Kier molecular flexibility index (Phi) is 11.1. The predicted octanol–water partition coefficient (Wildman–Crippen LogP) is 3.21. The standard InChI is InChI=1S/C20H33N2O6P/c1-15(2)27-29(25,28-16(3)4)21-13-9-12-19(23)22-18(20(24)26-5)14-17-10-7-6-8-11-17/h6-8,10-11,15-16,18H,9,12-14H2,1-5H3,(H,21,25)(H,22,23)/t18-/m0/s1. The van der Waals surface area contributed by atoms with Crippen LogP contribution < -0.4 is 10.4 Å². The Morgan fingerprint density at radius 3 is 2.14 bits per heavy atom. The summed E-state index contributed by atoms with van der Waals surface area (Å²) in [6.07, 6.45) is 0.358. The molecule has 0 aliphatic carbocycles. The van der Waals surface area contributed by atoms with Crippen LogP contribution in [0.3, 0.4) is 0 Å². The van der Waals surface area contributed by atoms with E-state index < -0.39 is 19.8 Å². The summed E-state index contributed by atoms with van der Waals surface area (Å²) in [4.78, 5) is 24.3. The highest BCUT2D eigenvalue weighted by atomic mass is 31.2. The number of ether oxygens (including phenoxy) is 1. The number of benzene rings is 1. The molecule has 0 heterocycles. The van der Waals surface area contributed by atoms with Gasteiger partial charge in [0.25, 0.3) is 0 Å². The lowest BCUT2D eigenvalue weighted by atomic mass is 10.1. The molecule has 0 fully saturated rings. The first-order valence-electron chi connectivity index (χ1n) is 9.78. The Morgan fingerprint density at radius 1 is 1.03 bits per heavy atom. The third kappa shape index (κ3) is 10.6. The molecule has 0 saturated heterocycles. The molecule has 1 atom stereocenters. The maximum atomic E-state index is 12.7. The number of carbonyl (C=O) groups excluding carboxylic acids is 2. The number of hydrogen-bond donors (Lipinski definition) is 2. The molecular weight excluding hydrogens is 395 g/mol. The Bertz CT molecular complexity index is 667. The van der Waals surface area contributed by atoms with Crippen molar-refractivity contribution in [3.05, 3.63) is 35.9 Å². The summed E-state index contributed by atoms with van der Waals surface area (Å²) in [5.74, 6) is -0.789. The second-order valence-electron chi connectivity index (χ2n) is 7.15. The summed E-state index contributed by atoms with van der Waals surface area (Å²) in [6.45, 7) is 7.35. The fourth-order valence-electron chi connectivity index (χ4n) is 2.57. The van der Waals surface area contributed by atoms with Gasteiger partial charge in [0, 0.05) is 19.4 Å². The molecule has 0 spiro atoms. The zero-order valence-electron chi connectivity index (χ0n) is 17.8. The first-order valence-corrected chi connectivity index (χ1v) is 11.3. The lowest BCUT2D eigenvalue weighted by Crippen LogP contribution is -2.43. The summed E-state index contributed by atoms with van der Waals surface area (Å²) in [5, 5.41) is 5.49. The maximum Gasteiger partial charge on any atom is 0.406 e. The van der Waals surface area contributed by atoms with E-state index in [2.05, 4.69) is 10.4 Å². The lowest BCUT2D eigenvalue weighted by molar-refractivity contribution is -0.145. The maximum absolute atomic E-state index is 12.7. The van der Waals surface area contributed by atoms with E-state index in [4.69, 9.17) is 13.8 Å². The van der Waals surface area contributed by atoms with Crippen LogP contribution in [0.4, 0.5) is 0 Å². The molecular formula is C20H33N2O6P. The number of nitrogens with one attached hydrogen (secondary N) is 2. The van der Waals surface area contributed by atoms with E-state index in [9.17, 15) is 14.2 Å². The molecule has 0 saturated carbocycles. The van der Waals surface area contributed by atoms with Gasteiger partial charge in [-0.15, -0.1) is 0 Å². The van der Waals surface area contributed by atoms with Crippen LogP contribution >= 0.6 is 7.75 Å². The van der Waals surface area contributed by atoms with Crippen molar-refractivity contribution in [1.29, 1.82) is 0 Å². The molecule has 1 amide bonds. The van der Waals surface area contributed by atoms with Gasteiger partial charge in [-0.3, -0.25) is 13.8 Å². The smallest absolute Gasteiger partial charge is 0.406 e. The van der Waals surface area contributed by atoms with Crippen LogP contribution in [0.5, 0.6) is 0 Å². The molecule has 0 aliphatic heterocycles. The van der Waals surface area contributed by atoms with Gasteiger partial charge in [0.05, 0.1) is 19.3 Å². The van der Waals surface area contributed by atoms with E-state index in [0.29, 0.717) is 12.8 Å². The quantitative estimate of drug-likeness (QED) is 0.282. The molecule has 9 heteroatoms. The van der Waals surface area contributed by atoms with Crippen molar-refractivity contribution in [3.63, 3.8) is 0 Å². The molecule has 0 aliphatic rings. The fraction of sp³-hybridized carbons (Fsp3) is 0.600. The molecule has 1 aromatic carbocycles. The van der Waals surface area contributed by atoms with Gasteiger partial charge in [0.1, 0.15) is 6.04 Å². The van der Waals surface area contributed by atoms with E-state index in [-0.39, 0.29) is 31.1 Å². The molecule has 0 radical (unpaired) electrons. The second kappa shape index (κ2) is 12.8. The van der Waals surface area contributed by atoms with Gasteiger partial charge in [0.15, 0.2) is 0 Å². The number of methoxy groups -OCH3 is 1. The van der Waals surface area contributed by atoms with Crippen molar-refractivity contribution in [2.24, 2.45) is 0 Å². The van der Waals surface area contributed by atoms with E-state index in [0.717, 1.165) is 5.56 Å². The third-order valence-corrected chi connectivity index (χ3v) is 5.70. The highest BCUT2D eigenvalue weighted by Crippen LogP contribution is 2.46. The summed E-state index contributed by atoms with van der Waals surface area (Å²) < 4.78 is 28.3. The van der Waals surface area contributed by atoms with Crippen LogP contribution in [0.2, 0.25) is 0 Å². The van der Waals surface area contributed by atoms with E-state index in [1.54, 1.807) is 27.7 Å². The van der Waals surface area contributed by atoms with Gasteiger partial charge in [-0.1, -0.05) is 30.3 Å². The SMILES string of the molecule is COC(=O)[C@H](Cc1ccccc1)NC(=O)CCCNP(=O)(OC(C)C)OC(C)C. The average Bonchev–Trinajstić information content (AvgIpc) is 2.63. The van der Waals surface area contributed by atoms with E-state index in [1.807, 2.05) is 30.3 Å². The molecule has 0 unspecified atom stereocenters. The van der Waals surface area contributed by atoms with Crippen molar-refractivity contribution < 1.29 is 27.9 Å². The summed E-state index contributed by atoms with van der Waals surface area (Å²) >= 11 is 0. The van der Waals surface area contributed by atoms with Crippen LogP contribution in [-0.4, -0.2) is 43.8 Å². The molecule has 0 bridgehead atoms. The number of rotatable bonds is 13. The third-order valence-electron chi connectivity index (χ3n) is 3.69.